The summed E-state index contributed by atoms with van der Waals surface area (Å²) in [6.07, 6.45) is 0.714. The van der Waals surface area contributed by atoms with E-state index in [2.05, 4.69) is 5.32 Å². The van der Waals surface area contributed by atoms with Crippen LogP contribution in [0, 0.1) is 13.8 Å². The van der Waals surface area contributed by atoms with E-state index in [1.165, 1.54) is 17.0 Å². The molecule has 0 aliphatic rings. The van der Waals surface area contributed by atoms with Gasteiger partial charge in [-0.15, -0.1) is 0 Å². The van der Waals surface area contributed by atoms with Crippen molar-refractivity contribution in [3.8, 4) is 0 Å². The summed E-state index contributed by atoms with van der Waals surface area (Å²) in [6, 6.07) is 17.1. The molecule has 0 bridgehead atoms. The molecule has 0 radical (unpaired) electrons. The monoisotopic (exact) mass is 603 g/mol. The number of sulfonamides is 1. The number of hydrogen-bond donors (Lipinski definition) is 1. The fourth-order valence-electron chi connectivity index (χ4n) is 4.01. The number of nitrogens with zero attached hydrogens (tertiary/aromatic N) is 2. The average Bonchev–Trinajstić information content (AvgIpc) is 2.92. The van der Waals surface area contributed by atoms with Crippen molar-refractivity contribution in [2.45, 2.75) is 64.6 Å². The van der Waals surface area contributed by atoms with E-state index in [1.54, 1.807) is 55.5 Å². The lowest BCUT2D eigenvalue weighted by Gasteiger charge is -2.32. The van der Waals surface area contributed by atoms with Crippen LogP contribution in [0.2, 0.25) is 10.0 Å². The third kappa shape index (κ3) is 7.56. The van der Waals surface area contributed by atoms with Crippen LogP contribution < -0.4 is 9.62 Å². The number of anilines is 1. The van der Waals surface area contributed by atoms with E-state index < -0.39 is 28.5 Å². The van der Waals surface area contributed by atoms with Gasteiger partial charge in [0.05, 0.1) is 10.6 Å². The number of amides is 2. The standard InChI is InChI=1S/C30H35Cl2N3O4S/c1-6-22(4)33-30(37)23(5)34(18-24-13-14-25(31)17-28(24)32)29(36)19-35(26-15-12-20(2)21(3)16-26)40(38,39)27-10-8-7-9-11-27/h7-17,22-23H,6,18-19H2,1-5H3,(H,33,37). The van der Waals surface area contributed by atoms with Gasteiger partial charge in [-0.25, -0.2) is 8.42 Å². The lowest BCUT2D eigenvalue weighted by atomic mass is 10.1. The number of aryl methyl sites for hydroxylation is 2. The third-order valence-corrected chi connectivity index (χ3v) is 9.29. The van der Waals surface area contributed by atoms with E-state index in [0.29, 0.717) is 27.7 Å². The maximum absolute atomic E-state index is 14.0. The van der Waals surface area contributed by atoms with Gasteiger partial charge in [0.25, 0.3) is 10.0 Å². The Morgan fingerprint density at radius 2 is 1.60 bits per heavy atom. The smallest absolute Gasteiger partial charge is 0.264 e. The summed E-state index contributed by atoms with van der Waals surface area (Å²) in [6.45, 7) is 8.70. The van der Waals surface area contributed by atoms with E-state index in [4.69, 9.17) is 23.2 Å². The number of halogens is 2. The summed E-state index contributed by atoms with van der Waals surface area (Å²) in [7, 11) is -4.13. The number of benzene rings is 3. The van der Waals surface area contributed by atoms with Crippen LogP contribution in [0.3, 0.4) is 0 Å². The van der Waals surface area contributed by atoms with Crippen molar-refractivity contribution in [3.63, 3.8) is 0 Å². The van der Waals surface area contributed by atoms with Crippen LogP contribution >= 0.6 is 23.2 Å². The zero-order chi connectivity index (χ0) is 29.6. The molecule has 3 rings (SSSR count). The third-order valence-electron chi connectivity index (χ3n) is 6.91. The molecule has 2 atom stereocenters. The molecule has 3 aromatic rings. The van der Waals surface area contributed by atoms with Crippen molar-refractivity contribution >= 4 is 50.7 Å². The zero-order valence-electron chi connectivity index (χ0n) is 23.3. The van der Waals surface area contributed by atoms with Crippen molar-refractivity contribution in [2.24, 2.45) is 0 Å². The molecule has 0 fully saturated rings. The van der Waals surface area contributed by atoms with Crippen LogP contribution in [0.25, 0.3) is 0 Å². The summed E-state index contributed by atoms with van der Waals surface area (Å²) < 4.78 is 28.8. The molecule has 2 unspecified atom stereocenters. The molecule has 1 N–H and O–H groups in total. The molecule has 3 aromatic carbocycles. The Morgan fingerprint density at radius 1 is 0.925 bits per heavy atom. The minimum absolute atomic E-state index is 0.0178. The average molecular weight is 605 g/mol. The fourth-order valence-corrected chi connectivity index (χ4v) is 5.91. The maximum Gasteiger partial charge on any atom is 0.264 e. The number of rotatable bonds is 11. The number of carbonyl (C=O) groups is 2. The molecule has 0 saturated heterocycles. The molecule has 7 nitrogen and oxygen atoms in total. The Hall–Kier alpha value is -3.07. The topological polar surface area (TPSA) is 86.8 Å². The van der Waals surface area contributed by atoms with E-state index in [-0.39, 0.29) is 23.4 Å². The van der Waals surface area contributed by atoms with Crippen LogP contribution in [-0.4, -0.2) is 43.8 Å². The second-order valence-electron chi connectivity index (χ2n) is 9.84. The predicted octanol–water partition coefficient (Wildman–Crippen LogP) is 6.14. The lowest BCUT2D eigenvalue weighted by Crippen LogP contribution is -2.52. The highest BCUT2D eigenvalue weighted by Crippen LogP contribution is 2.27. The van der Waals surface area contributed by atoms with Crippen molar-refractivity contribution < 1.29 is 18.0 Å². The molecule has 0 saturated carbocycles. The lowest BCUT2D eigenvalue weighted by molar-refractivity contribution is -0.139. The van der Waals surface area contributed by atoms with Gasteiger partial charge in [-0.05, 0) is 87.2 Å². The van der Waals surface area contributed by atoms with Crippen LogP contribution in [0.5, 0.6) is 0 Å². The summed E-state index contributed by atoms with van der Waals surface area (Å²) >= 11 is 12.5. The largest absolute Gasteiger partial charge is 0.352 e. The highest BCUT2D eigenvalue weighted by atomic mass is 35.5. The van der Waals surface area contributed by atoms with Crippen molar-refractivity contribution in [2.75, 3.05) is 10.8 Å². The first kappa shape index (κ1) is 31.5. The van der Waals surface area contributed by atoms with Crippen LogP contribution in [0.1, 0.15) is 43.9 Å². The fraction of sp³-hybridized carbons (Fsp3) is 0.333. The molecule has 0 heterocycles. The van der Waals surface area contributed by atoms with Gasteiger partial charge in [0, 0.05) is 22.6 Å². The van der Waals surface area contributed by atoms with Gasteiger partial charge in [0.2, 0.25) is 11.8 Å². The van der Waals surface area contributed by atoms with Crippen LogP contribution in [0.4, 0.5) is 5.69 Å². The molecular weight excluding hydrogens is 569 g/mol. The molecule has 214 valence electrons. The first-order valence-electron chi connectivity index (χ1n) is 13.0. The Morgan fingerprint density at radius 3 is 2.20 bits per heavy atom. The van der Waals surface area contributed by atoms with Crippen molar-refractivity contribution in [1.29, 1.82) is 0 Å². The summed E-state index contributed by atoms with van der Waals surface area (Å²) in [5.41, 5.74) is 2.79. The van der Waals surface area contributed by atoms with Gasteiger partial charge in [0.1, 0.15) is 12.6 Å². The van der Waals surface area contributed by atoms with E-state index in [0.717, 1.165) is 15.4 Å². The number of nitrogens with one attached hydrogen (secondary N) is 1. The molecule has 0 aromatic heterocycles. The predicted molar refractivity (Wildman–Crippen MR) is 161 cm³/mol. The zero-order valence-corrected chi connectivity index (χ0v) is 25.6. The molecular formula is C30H35Cl2N3O4S. The SMILES string of the molecule is CCC(C)NC(=O)C(C)N(Cc1ccc(Cl)cc1Cl)C(=O)CN(c1ccc(C)c(C)c1)S(=O)(=O)c1ccccc1. The molecule has 0 aliphatic heterocycles. The van der Waals surface area contributed by atoms with E-state index in [1.807, 2.05) is 33.8 Å². The van der Waals surface area contributed by atoms with Gasteiger partial charge in [0.15, 0.2) is 0 Å². The van der Waals surface area contributed by atoms with E-state index in [9.17, 15) is 18.0 Å². The first-order valence-corrected chi connectivity index (χ1v) is 15.2. The first-order chi connectivity index (χ1) is 18.8. The van der Waals surface area contributed by atoms with Gasteiger partial charge in [-0.3, -0.25) is 13.9 Å². The molecule has 2 amide bonds. The van der Waals surface area contributed by atoms with Gasteiger partial charge >= 0.3 is 0 Å². The highest BCUT2D eigenvalue weighted by molar-refractivity contribution is 7.92. The Balaban J connectivity index is 2.06. The number of hydrogen-bond acceptors (Lipinski definition) is 4. The Labute approximate surface area is 247 Å². The van der Waals surface area contributed by atoms with Crippen LogP contribution in [0.15, 0.2) is 71.6 Å². The summed E-state index contributed by atoms with van der Waals surface area (Å²) in [5, 5.41) is 3.68. The van der Waals surface area contributed by atoms with Gasteiger partial charge < -0.3 is 10.2 Å². The summed E-state index contributed by atoms with van der Waals surface area (Å²) in [5.74, 6) is -0.910. The molecule has 0 aliphatic carbocycles. The Bertz CT molecular complexity index is 1470. The maximum atomic E-state index is 14.0. The van der Waals surface area contributed by atoms with Crippen molar-refractivity contribution in [3.05, 3.63) is 93.5 Å². The quantitative estimate of drug-likeness (QED) is 0.285. The van der Waals surface area contributed by atoms with Crippen molar-refractivity contribution in [1.82, 2.24) is 10.2 Å². The van der Waals surface area contributed by atoms with Crippen LogP contribution in [-0.2, 0) is 26.2 Å². The molecule has 10 heteroatoms. The second kappa shape index (κ2) is 13.5. The Kier molecular flexibility index (Phi) is 10.6. The minimum atomic E-state index is -4.13. The summed E-state index contributed by atoms with van der Waals surface area (Å²) in [4.78, 5) is 28.6. The number of carbonyl (C=O) groups excluding carboxylic acids is 2. The highest BCUT2D eigenvalue weighted by Gasteiger charge is 2.33. The van der Waals surface area contributed by atoms with Gasteiger partial charge in [-0.2, -0.15) is 0 Å². The molecule has 40 heavy (non-hydrogen) atoms. The van der Waals surface area contributed by atoms with Gasteiger partial charge in [-0.1, -0.05) is 60.5 Å². The molecule has 0 spiro atoms. The minimum Gasteiger partial charge on any atom is -0.352 e. The second-order valence-corrected chi connectivity index (χ2v) is 12.6. The van der Waals surface area contributed by atoms with E-state index >= 15 is 0 Å². The normalized spacial score (nSPS) is 12.9.